The highest BCUT2D eigenvalue weighted by molar-refractivity contribution is 5.80. The highest BCUT2D eigenvalue weighted by atomic mass is 19.3. The standard InChI is InChI=1S/C23H26F3N3O4/c1-22(2,28-21(31)32)17-10-9-15(12-27-17)13-5-7-14(8-6-13)18-16(11-24)29(20(30)19(25)26)23(3,4)33-18/h5-10,12,16,18-19,28H,11H2,1-4H3,(H,31,32)/t16-,18-/m1/s1. The molecular formula is C23H26F3N3O4. The summed E-state index contributed by atoms with van der Waals surface area (Å²) in [4.78, 5) is 28.1. The van der Waals surface area contributed by atoms with Gasteiger partial charge < -0.3 is 20.1 Å². The maximum absolute atomic E-state index is 13.8. The molecule has 2 heterocycles. The summed E-state index contributed by atoms with van der Waals surface area (Å²) in [5.41, 5.74) is 0.391. The second-order valence-electron chi connectivity index (χ2n) is 8.83. The minimum Gasteiger partial charge on any atom is -0.465 e. The van der Waals surface area contributed by atoms with Gasteiger partial charge in [0.1, 0.15) is 18.5 Å². The number of halogens is 3. The molecule has 1 aliphatic heterocycles. The van der Waals surface area contributed by atoms with E-state index in [1.165, 1.54) is 13.8 Å². The predicted molar refractivity (Wildman–Crippen MR) is 114 cm³/mol. The van der Waals surface area contributed by atoms with E-state index >= 15 is 0 Å². The summed E-state index contributed by atoms with van der Waals surface area (Å²) in [5.74, 6) is -1.46. The number of carbonyl (C=O) groups excluding carboxylic acids is 1. The lowest BCUT2D eigenvalue weighted by atomic mass is 9.97. The van der Waals surface area contributed by atoms with Gasteiger partial charge in [-0.25, -0.2) is 9.18 Å². The van der Waals surface area contributed by atoms with E-state index in [0.717, 1.165) is 16.0 Å². The van der Waals surface area contributed by atoms with Gasteiger partial charge in [0.2, 0.25) is 0 Å². The van der Waals surface area contributed by atoms with Crippen LogP contribution in [0, 0.1) is 0 Å². The van der Waals surface area contributed by atoms with Crippen molar-refractivity contribution >= 4 is 12.0 Å². The minimum absolute atomic E-state index is 0.543. The average Bonchev–Trinajstić information content (AvgIpc) is 3.02. The number of hydrogen-bond donors (Lipinski definition) is 2. The van der Waals surface area contributed by atoms with Crippen molar-refractivity contribution in [2.75, 3.05) is 6.67 Å². The molecule has 1 aromatic carbocycles. The van der Waals surface area contributed by atoms with Gasteiger partial charge in [0, 0.05) is 11.8 Å². The fraction of sp³-hybridized carbons (Fsp3) is 0.435. The van der Waals surface area contributed by atoms with Crippen LogP contribution >= 0.6 is 0 Å². The van der Waals surface area contributed by atoms with Crippen LogP contribution in [0.3, 0.4) is 0 Å². The molecule has 10 heteroatoms. The lowest BCUT2D eigenvalue weighted by Crippen LogP contribution is -2.51. The number of carbonyl (C=O) groups is 2. The molecule has 33 heavy (non-hydrogen) atoms. The molecule has 2 aromatic rings. The van der Waals surface area contributed by atoms with Gasteiger partial charge in [-0.2, -0.15) is 8.78 Å². The molecular weight excluding hydrogens is 439 g/mol. The third-order valence-corrected chi connectivity index (χ3v) is 5.65. The van der Waals surface area contributed by atoms with E-state index in [2.05, 4.69) is 10.3 Å². The van der Waals surface area contributed by atoms with Crippen LogP contribution < -0.4 is 5.32 Å². The van der Waals surface area contributed by atoms with Crippen LogP contribution in [0.15, 0.2) is 42.6 Å². The van der Waals surface area contributed by atoms with Gasteiger partial charge in [0.15, 0.2) is 0 Å². The van der Waals surface area contributed by atoms with Gasteiger partial charge in [-0.1, -0.05) is 30.3 Å². The SMILES string of the molecule is CC(C)(NC(=O)O)c1ccc(-c2ccc([C@H]3OC(C)(C)N(C(=O)C(F)F)[C@@H]3CF)cc2)cn1. The van der Waals surface area contributed by atoms with E-state index in [-0.39, 0.29) is 0 Å². The molecule has 2 atom stereocenters. The van der Waals surface area contributed by atoms with Crippen molar-refractivity contribution in [2.45, 2.75) is 57.5 Å². The Hall–Kier alpha value is -3.14. The van der Waals surface area contributed by atoms with Crippen LogP contribution in [0.25, 0.3) is 11.1 Å². The Balaban J connectivity index is 1.83. The summed E-state index contributed by atoms with van der Waals surface area (Å²) in [6, 6.07) is 9.25. The first-order chi connectivity index (χ1) is 15.4. The highest BCUT2D eigenvalue weighted by Gasteiger charge is 2.52. The van der Waals surface area contributed by atoms with Crippen LogP contribution in [0.4, 0.5) is 18.0 Å². The number of amides is 2. The molecule has 1 aromatic heterocycles. The van der Waals surface area contributed by atoms with Crippen LogP contribution in [0.2, 0.25) is 0 Å². The van der Waals surface area contributed by atoms with E-state index in [9.17, 15) is 22.8 Å². The number of rotatable bonds is 6. The zero-order valence-electron chi connectivity index (χ0n) is 18.7. The predicted octanol–water partition coefficient (Wildman–Crippen LogP) is 4.49. The van der Waals surface area contributed by atoms with Gasteiger partial charge in [-0.15, -0.1) is 0 Å². The normalized spacial score (nSPS) is 20.2. The van der Waals surface area contributed by atoms with Crippen molar-refractivity contribution in [1.82, 2.24) is 15.2 Å². The van der Waals surface area contributed by atoms with E-state index in [1.54, 1.807) is 56.4 Å². The quantitative estimate of drug-likeness (QED) is 0.656. The van der Waals surface area contributed by atoms with E-state index in [0.29, 0.717) is 11.3 Å². The molecule has 0 spiro atoms. The maximum Gasteiger partial charge on any atom is 0.405 e. The zero-order valence-corrected chi connectivity index (χ0v) is 18.7. The van der Waals surface area contributed by atoms with Crippen LogP contribution in [0.5, 0.6) is 0 Å². The Kier molecular flexibility index (Phi) is 6.69. The summed E-state index contributed by atoms with van der Waals surface area (Å²) in [7, 11) is 0. The Morgan fingerprint density at radius 3 is 2.27 bits per heavy atom. The largest absolute Gasteiger partial charge is 0.465 e. The zero-order chi connectivity index (χ0) is 24.6. The molecule has 1 fully saturated rings. The number of ether oxygens (including phenoxy) is 1. The number of alkyl halides is 3. The van der Waals surface area contributed by atoms with Crippen LogP contribution in [-0.4, -0.2) is 51.9 Å². The smallest absolute Gasteiger partial charge is 0.405 e. The second kappa shape index (κ2) is 9.01. The van der Waals surface area contributed by atoms with Crippen molar-refractivity contribution in [3.05, 3.63) is 53.9 Å². The number of benzene rings is 1. The van der Waals surface area contributed by atoms with Gasteiger partial charge in [-0.3, -0.25) is 9.78 Å². The third kappa shape index (κ3) is 4.95. The molecule has 0 bridgehead atoms. The Morgan fingerprint density at radius 1 is 1.18 bits per heavy atom. The van der Waals surface area contributed by atoms with Gasteiger partial charge >= 0.3 is 12.5 Å². The third-order valence-electron chi connectivity index (χ3n) is 5.65. The van der Waals surface area contributed by atoms with Gasteiger partial charge in [0.05, 0.1) is 17.3 Å². The summed E-state index contributed by atoms with van der Waals surface area (Å²) in [5, 5.41) is 11.4. The van der Waals surface area contributed by atoms with Crippen molar-refractivity contribution in [2.24, 2.45) is 0 Å². The number of carboxylic acid groups (broad SMARTS) is 1. The van der Waals surface area contributed by atoms with Gasteiger partial charge in [-0.05, 0) is 44.9 Å². The van der Waals surface area contributed by atoms with Crippen LogP contribution in [0.1, 0.15) is 45.1 Å². The first-order valence-corrected chi connectivity index (χ1v) is 10.3. The van der Waals surface area contributed by atoms with Crippen LogP contribution in [-0.2, 0) is 15.1 Å². The number of aromatic nitrogens is 1. The Bertz CT molecular complexity index is 1010. The molecule has 1 saturated heterocycles. The van der Waals surface area contributed by atoms with Crippen molar-refractivity contribution in [1.29, 1.82) is 0 Å². The summed E-state index contributed by atoms with van der Waals surface area (Å²) in [6.45, 7) is 5.28. The van der Waals surface area contributed by atoms with E-state index in [1.807, 2.05) is 0 Å². The fourth-order valence-corrected chi connectivity index (χ4v) is 4.09. The maximum atomic E-state index is 13.8. The second-order valence-corrected chi connectivity index (χ2v) is 8.83. The molecule has 3 rings (SSSR count). The number of hydrogen-bond acceptors (Lipinski definition) is 4. The summed E-state index contributed by atoms with van der Waals surface area (Å²) in [6.07, 6.45) is -3.70. The highest BCUT2D eigenvalue weighted by Crippen LogP contribution is 2.42. The minimum atomic E-state index is -3.26. The fourth-order valence-electron chi connectivity index (χ4n) is 4.09. The van der Waals surface area contributed by atoms with Gasteiger partial charge in [0.25, 0.3) is 5.91 Å². The molecule has 1 aliphatic rings. The summed E-state index contributed by atoms with van der Waals surface area (Å²) < 4.78 is 45.8. The van der Waals surface area contributed by atoms with E-state index < -0.39 is 48.5 Å². The molecule has 2 amide bonds. The van der Waals surface area contributed by atoms with E-state index in [4.69, 9.17) is 9.84 Å². The lowest BCUT2D eigenvalue weighted by Gasteiger charge is -2.32. The summed E-state index contributed by atoms with van der Waals surface area (Å²) >= 11 is 0. The number of nitrogens with zero attached hydrogens (tertiary/aromatic N) is 2. The van der Waals surface area contributed by atoms with Crippen molar-refractivity contribution in [3.8, 4) is 11.1 Å². The molecule has 0 aliphatic carbocycles. The molecule has 0 saturated carbocycles. The van der Waals surface area contributed by atoms with Crippen molar-refractivity contribution in [3.63, 3.8) is 0 Å². The molecule has 178 valence electrons. The Labute approximate surface area is 189 Å². The lowest BCUT2D eigenvalue weighted by molar-refractivity contribution is -0.159. The monoisotopic (exact) mass is 465 g/mol. The first-order valence-electron chi connectivity index (χ1n) is 10.3. The Morgan fingerprint density at radius 2 is 1.79 bits per heavy atom. The molecule has 7 nitrogen and oxygen atoms in total. The molecule has 0 unspecified atom stereocenters. The van der Waals surface area contributed by atoms with Crippen molar-refractivity contribution < 1.29 is 32.6 Å². The molecule has 0 radical (unpaired) electrons. The first kappa shape index (κ1) is 24.5. The topological polar surface area (TPSA) is 91.8 Å². The molecule has 2 N–H and O–H groups in total. The number of nitrogens with one attached hydrogen (secondary N) is 1. The number of pyridine rings is 1. The average molecular weight is 465 g/mol.